The monoisotopic (exact) mass is 247 g/mol. The van der Waals surface area contributed by atoms with Crippen LogP contribution in [0.2, 0.25) is 5.02 Å². The normalized spacial score (nSPS) is 10.8. The van der Waals surface area contributed by atoms with E-state index in [-0.39, 0.29) is 0 Å². The van der Waals surface area contributed by atoms with Gasteiger partial charge < -0.3 is 0 Å². The predicted molar refractivity (Wildman–Crippen MR) is 55.5 cm³/mol. The van der Waals surface area contributed by atoms with Gasteiger partial charge in [-0.3, -0.25) is 0 Å². The fraction of sp³-hybridized carbons (Fsp3) is 0.444. The zero-order chi connectivity index (χ0) is 9.14. The van der Waals surface area contributed by atoms with Crippen molar-refractivity contribution in [1.29, 1.82) is 0 Å². The molecule has 0 atom stereocenters. The van der Waals surface area contributed by atoms with Crippen LogP contribution in [0.3, 0.4) is 0 Å². The molecule has 1 aromatic heterocycles. The van der Waals surface area contributed by atoms with Crippen LogP contribution in [0, 0.1) is 5.92 Å². The average Bonchev–Trinajstić information content (AvgIpc) is 1.97. The van der Waals surface area contributed by atoms with Crippen LogP contribution in [-0.2, 0) is 6.42 Å². The second-order valence-electron chi connectivity index (χ2n) is 3.16. The Morgan fingerprint density at radius 3 is 2.75 bits per heavy atom. The highest BCUT2D eigenvalue weighted by atomic mass is 79.9. The minimum atomic E-state index is 0.600. The van der Waals surface area contributed by atoms with Gasteiger partial charge in [-0.25, -0.2) is 4.98 Å². The molecule has 1 rings (SSSR count). The molecule has 1 heterocycles. The third kappa shape index (κ3) is 2.46. The number of nitrogens with zero attached hydrogens (tertiary/aromatic N) is 1. The summed E-state index contributed by atoms with van der Waals surface area (Å²) < 4.78 is 0.865. The number of aromatic nitrogens is 1. The molecule has 0 bridgehead atoms. The molecule has 0 aliphatic heterocycles. The molecule has 0 radical (unpaired) electrons. The highest BCUT2D eigenvalue weighted by Gasteiger charge is 2.07. The van der Waals surface area contributed by atoms with Crippen molar-refractivity contribution >= 4 is 27.5 Å². The molecule has 0 fully saturated rings. The van der Waals surface area contributed by atoms with E-state index in [2.05, 4.69) is 34.8 Å². The lowest BCUT2D eigenvalue weighted by Crippen LogP contribution is -1.97. The third-order valence-electron chi connectivity index (χ3n) is 1.56. The Morgan fingerprint density at radius 1 is 1.58 bits per heavy atom. The quantitative estimate of drug-likeness (QED) is 0.727. The fourth-order valence-corrected chi connectivity index (χ4v) is 1.87. The Balaban J connectivity index is 2.96. The molecule has 0 saturated carbocycles. The molecule has 12 heavy (non-hydrogen) atoms. The highest BCUT2D eigenvalue weighted by Crippen LogP contribution is 2.24. The van der Waals surface area contributed by atoms with Crippen molar-refractivity contribution < 1.29 is 0 Å². The van der Waals surface area contributed by atoms with Gasteiger partial charge in [0, 0.05) is 16.8 Å². The van der Waals surface area contributed by atoms with Crippen LogP contribution >= 0.6 is 27.5 Å². The van der Waals surface area contributed by atoms with E-state index < -0.39 is 0 Å². The first-order valence-corrected chi connectivity index (χ1v) is 5.07. The lowest BCUT2D eigenvalue weighted by Gasteiger charge is -2.07. The Bertz CT molecular complexity index is 253. The molecule has 0 N–H and O–H groups in total. The summed E-state index contributed by atoms with van der Waals surface area (Å²) >= 11 is 9.38. The molecular formula is C9H11BrClN. The Labute approximate surface area is 86.3 Å². The molecule has 0 aliphatic rings. The maximum Gasteiger partial charge on any atom is 0.110 e. The Hall–Kier alpha value is -0.0800. The van der Waals surface area contributed by atoms with Crippen LogP contribution in [0.4, 0.5) is 0 Å². The maximum atomic E-state index is 6.00. The van der Waals surface area contributed by atoms with E-state index in [1.807, 2.05) is 6.07 Å². The highest BCUT2D eigenvalue weighted by molar-refractivity contribution is 9.10. The van der Waals surface area contributed by atoms with Gasteiger partial charge in [0.15, 0.2) is 0 Å². The number of halogens is 2. The van der Waals surface area contributed by atoms with Gasteiger partial charge in [0.1, 0.15) is 4.60 Å². The molecule has 1 nitrogen and oxygen atoms in total. The lowest BCUT2D eigenvalue weighted by molar-refractivity contribution is 0.643. The van der Waals surface area contributed by atoms with E-state index in [9.17, 15) is 0 Å². The number of pyridine rings is 1. The minimum absolute atomic E-state index is 0.600. The van der Waals surface area contributed by atoms with Gasteiger partial charge in [0.05, 0.1) is 0 Å². The summed E-state index contributed by atoms with van der Waals surface area (Å²) in [4.78, 5) is 4.13. The molecular weight excluding hydrogens is 237 g/mol. The molecule has 0 saturated heterocycles. The van der Waals surface area contributed by atoms with Crippen molar-refractivity contribution in [3.05, 3.63) is 27.5 Å². The largest absolute Gasteiger partial charge is 0.249 e. The van der Waals surface area contributed by atoms with Crippen LogP contribution in [0.1, 0.15) is 19.4 Å². The van der Waals surface area contributed by atoms with Gasteiger partial charge in [0.25, 0.3) is 0 Å². The van der Waals surface area contributed by atoms with Crippen LogP contribution < -0.4 is 0 Å². The summed E-state index contributed by atoms with van der Waals surface area (Å²) in [5.41, 5.74) is 1.11. The van der Waals surface area contributed by atoms with E-state index in [1.165, 1.54) is 0 Å². The number of rotatable bonds is 2. The zero-order valence-electron chi connectivity index (χ0n) is 7.14. The van der Waals surface area contributed by atoms with Crippen LogP contribution in [-0.4, -0.2) is 4.98 Å². The summed E-state index contributed by atoms with van der Waals surface area (Å²) in [6.07, 6.45) is 2.67. The molecule has 0 aromatic carbocycles. The summed E-state index contributed by atoms with van der Waals surface area (Å²) in [7, 11) is 0. The molecule has 66 valence electrons. The molecule has 0 amide bonds. The number of hydrogen-bond donors (Lipinski definition) is 0. The summed E-state index contributed by atoms with van der Waals surface area (Å²) in [6.45, 7) is 4.32. The summed E-state index contributed by atoms with van der Waals surface area (Å²) in [6, 6.07) is 1.82. The minimum Gasteiger partial charge on any atom is -0.249 e. The van der Waals surface area contributed by atoms with Gasteiger partial charge in [-0.1, -0.05) is 25.4 Å². The first-order valence-electron chi connectivity index (χ1n) is 3.90. The summed E-state index contributed by atoms with van der Waals surface area (Å²) in [5.74, 6) is 0.600. The smallest absolute Gasteiger partial charge is 0.110 e. The molecule has 3 heteroatoms. The maximum absolute atomic E-state index is 6.00. The Morgan fingerprint density at radius 2 is 2.25 bits per heavy atom. The van der Waals surface area contributed by atoms with Gasteiger partial charge >= 0.3 is 0 Å². The fourth-order valence-electron chi connectivity index (χ4n) is 1.04. The summed E-state index contributed by atoms with van der Waals surface area (Å²) in [5, 5.41) is 0.797. The van der Waals surface area contributed by atoms with Crippen molar-refractivity contribution in [2.75, 3.05) is 0 Å². The topological polar surface area (TPSA) is 12.9 Å². The van der Waals surface area contributed by atoms with E-state index in [4.69, 9.17) is 11.6 Å². The van der Waals surface area contributed by atoms with E-state index in [0.29, 0.717) is 5.92 Å². The first-order chi connectivity index (χ1) is 5.61. The number of hydrogen-bond acceptors (Lipinski definition) is 1. The molecule has 0 aliphatic carbocycles. The lowest BCUT2D eigenvalue weighted by atomic mass is 10.1. The predicted octanol–water partition coefficient (Wildman–Crippen LogP) is 3.70. The van der Waals surface area contributed by atoms with Gasteiger partial charge in [-0.15, -0.1) is 0 Å². The van der Waals surface area contributed by atoms with Crippen LogP contribution in [0.5, 0.6) is 0 Å². The van der Waals surface area contributed by atoms with Crippen LogP contribution in [0.15, 0.2) is 16.9 Å². The van der Waals surface area contributed by atoms with Gasteiger partial charge in [-0.2, -0.15) is 0 Å². The molecule has 0 spiro atoms. The van der Waals surface area contributed by atoms with Crippen molar-refractivity contribution in [1.82, 2.24) is 4.98 Å². The Kier molecular flexibility index (Phi) is 3.53. The standard InChI is InChI=1S/C9H11BrClN/c1-6(2)5-7-8(11)3-4-12-9(7)10/h3-4,6H,5H2,1-2H3. The second kappa shape index (κ2) is 4.24. The van der Waals surface area contributed by atoms with Crippen molar-refractivity contribution in [2.45, 2.75) is 20.3 Å². The third-order valence-corrected chi connectivity index (χ3v) is 2.60. The molecule has 0 unspecified atom stereocenters. The van der Waals surface area contributed by atoms with Crippen LogP contribution in [0.25, 0.3) is 0 Å². The van der Waals surface area contributed by atoms with Gasteiger partial charge in [0.2, 0.25) is 0 Å². The van der Waals surface area contributed by atoms with Crippen molar-refractivity contribution in [3.63, 3.8) is 0 Å². The van der Waals surface area contributed by atoms with Gasteiger partial charge in [-0.05, 0) is 34.3 Å². The van der Waals surface area contributed by atoms with Crippen molar-refractivity contribution in [2.24, 2.45) is 5.92 Å². The second-order valence-corrected chi connectivity index (χ2v) is 4.32. The average molecular weight is 249 g/mol. The SMILES string of the molecule is CC(C)Cc1c(Cl)ccnc1Br. The van der Waals surface area contributed by atoms with Crippen molar-refractivity contribution in [3.8, 4) is 0 Å². The van der Waals surface area contributed by atoms with E-state index in [0.717, 1.165) is 21.6 Å². The van der Waals surface area contributed by atoms with E-state index in [1.54, 1.807) is 6.20 Å². The first kappa shape index (κ1) is 10.0. The van der Waals surface area contributed by atoms with E-state index >= 15 is 0 Å². The molecule has 1 aromatic rings. The zero-order valence-corrected chi connectivity index (χ0v) is 9.48.